The van der Waals surface area contributed by atoms with Crippen LogP contribution in [0.2, 0.25) is 0 Å². The van der Waals surface area contributed by atoms with Crippen LogP contribution in [0.25, 0.3) is 0 Å². The van der Waals surface area contributed by atoms with E-state index in [-0.39, 0.29) is 11.4 Å². The molecule has 0 atom stereocenters. The monoisotopic (exact) mass is 290 g/mol. The number of aldehydes is 1. The summed E-state index contributed by atoms with van der Waals surface area (Å²) in [6.07, 6.45) is 10.5. The van der Waals surface area contributed by atoms with Gasteiger partial charge in [0.05, 0.1) is 0 Å². The molecule has 0 spiro atoms. The second-order valence-electron chi connectivity index (χ2n) is 5.89. The molecular weight excluding hydrogens is 264 g/mol. The van der Waals surface area contributed by atoms with Crippen molar-refractivity contribution in [3.05, 3.63) is 23.5 Å². The van der Waals surface area contributed by atoms with Crippen LogP contribution in [0, 0.1) is 0 Å². The van der Waals surface area contributed by atoms with E-state index in [0.29, 0.717) is 6.29 Å². The lowest BCUT2D eigenvalue weighted by Gasteiger charge is -2.19. The van der Waals surface area contributed by atoms with Crippen molar-refractivity contribution in [3.63, 3.8) is 0 Å². The third-order valence-electron chi connectivity index (χ3n) is 4.18. The highest BCUT2D eigenvalue weighted by atomic mass is 16.3. The average Bonchev–Trinajstić information content (AvgIpc) is 2.77. The summed E-state index contributed by atoms with van der Waals surface area (Å²) < 4.78 is 0. The Bertz CT molecular complexity index is 440. The van der Waals surface area contributed by atoms with Gasteiger partial charge in [0, 0.05) is 5.69 Å². The standard InChI is InChI=1S/C17H26N2O2/c20-14-16-17(21)10-9-15(18-16)8-4-3-7-13-19-11-5-1-2-6-12-19/h9-10,14,21H,1-8,11-13H2. The fraction of sp³-hybridized carbons (Fsp3) is 0.647. The van der Waals surface area contributed by atoms with Crippen LogP contribution >= 0.6 is 0 Å². The van der Waals surface area contributed by atoms with Crippen LogP contribution in [0.1, 0.15) is 61.1 Å². The summed E-state index contributed by atoms with van der Waals surface area (Å²) in [5.41, 5.74) is 1.04. The Labute approximate surface area is 127 Å². The van der Waals surface area contributed by atoms with Gasteiger partial charge in [0.15, 0.2) is 6.29 Å². The Morgan fingerprint density at radius 3 is 2.57 bits per heavy atom. The van der Waals surface area contributed by atoms with E-state index in [0.717, 1.165) is 18.5 Å². The first-order valence-electron chi connectivity index (χ1n) is 8.16. The molecule has 116 valence electrons. The Morgan fingerprint density at radius 1 is 1.10 bits per heavy atom. The molecule has 0 aliphatic carbocycles. The van der Waals surface area contributed by atoms with E-state index in [4.69, 9.17) is 0 Å². The van der Waals surface area contributed by atoms with E-state index in [2.05, 4.69) is 9.88 Å². The Morgan fingerprint density at radius 2 is 1.86 bits per heavy atom. The molecule has 2 rings (SSSR count). The fourth-order valence-electron chi connectivity index (χ4n) is 2.91. The molecule has 4 heteroatoms. The SMILES string of the molecule is O=Cc1nc(CCCCCN2CCCCCC2)ccc1O. The van der Waals surface area contributed by atoms with Crippen LogP contribution in [0.3, 0.4) is 0 Å². The number of likely N-dealkylation sites (tertiary alicyclic amines) is 1. The van der Waals surface area contributed by atoms with Gasteiger partial charge in [0.1, 0.15) is 11.4 Å². The number of unbranched alkanes of at least 4 members (excludes halogenated alkanes) is 2. The maximum atomic E-state index is 10.7. The number of aryl methyl sites for hydroxylation is 1. The first kappa shape index (κ1) is 16.0. The maximum Gasteiger partial charge on any atom is 0.172 e. The first-order chi connectivity index (χ1) is 10.3. The number of aromatic nitrogens is 1. The van der Waals surface area contributed by atoms with Crippen molar-refractivity contribution in [3.8, 4) is 5.75 Å². The van der Waals surface area contributed by atoms with E-state index in [1.165, 1.54) is 58.2 Å². The second kappa shape index (κ2) is 8.78. The predicted molar refractivity (Wildman–Crippen MR) is 83.8 cm³/mol. The summed E-state index contributed by atoms with van der Waals surface area (Å²) >= 11 is 0. The zero-order valence-electron chi connectivity index (χ0n) is 12.8. The lowest BCUT2D eigenvalue weighted by Crippen LogP contribution is -2.25. The highest BCUT2D eigenvalue weighted by molar-refractivity contribution is 5.75. The third kappa shape index (κ3) is 5.46. The van der Waals surface area contributed by atoms with Gasteiger partial charge in [-0.2, -0.15) is 0 Å². The smallest absolute Gasteiger partial charge is 0.172 e. The summed E-state index contributed by atoms with van der Waals surface area (Å²) in [7, 11) is 0. The van der Waals surface area contributed by atoms with Gasteiger partial charge < -0.3 is 10.0 Å². The molecule has 0 amide bonds. The second-order valence-corrected chi connectivity index (χ2v) is 5.89. The van der Waals surface area contributed by atoms with Gasteiger partial charge in [-0.3, -0.25) is 4.79 Å². The minimum Gasteiger partial charge on any atom is -0.506 e. The zero-order valence-corrected chi connectivity index (χ0v) is 12.8. The van der Waals surface area contributed by atoms with Gasteiger partial charge in [0.25, 0.3) is 0 Å². The third-order valence-corrected chi connectivity index (χ3v) is 4.18. The quantitative estimate of drug-likeness (QED) is 0.619. The van der Waals surface area contributed by atoms with Gasteiger partial charge in [-0.15, -0.1) is 0 Å². The van der Waals surface area contributed by atoms with Crippen LogP contribution in [0.4, 0.5) is 0 Å². The number of carbonyl (C=O) groups excluding carboxylic acids is 1. The van der Waals surface area contributed by atoms with Gasteiger partial charge in [-0.25, -0.2) is 4.98 Å². The van der Waals surface area contributed by atoms with Gasteiger partial charge in [-0.1, -0.05) is 19.3 Å². The lowest BCUT2D eigenvalue weighted by atomic mass is 10.1. The van der Waals surface area contributed by atoms with Gasteiger partial charge in [-0.05, 0) is 63.9 Å². The maximum absolute atomic E-state index is 10.7. The molecule has 1 aromatic heterocycles. The molecule has 1 aliphatic rings. The van der Waals surface area contributed by atoms with Crippen LogP contribution in [-0.4, -0.2) is 40.9 Å². The molecular formula is C17H26N2O2. The first-order valence-corrected chi connectivity index (χ1v) is 8.16. The number of pyridine rings is 1. The normalized spacial score (nSPS) is 16.6. The largest absolute Gasteiger partial charge is 0.506 e. The topological polar surface area (TPSA) is 53.4 Å². The summed E-state index contributed by atoms with van der Waals surface area (Å²) in [4.78, 5) is 17.5. The highest BCUT2D eigenvalue weighted by Gasteiger charge is 2.08. The molecule has 1 saturated heterocycles. The molecule has 0 saturated carbocycles. The van der Waals surface area contributed by atoms with E-state index in [1.54, 1.807) is 12.1 Å². The Balaban J connectivity index is 1.64. The predicted octanol–water partition coefficient (Wildman–Crippen LogP) is 3.19. The van der Waals surface area contributed by atoms with Crippen LogP contribution in [0.5, 0.6) is 5.75 Å². The molecule has 0 unspecified atom stereocenters. The summed E-state index contributed by atoms with van der Waals surface area (Å²) in [5, 5.41) is 9.41. The van der Waals surface area contributed by atoms with Crippen molar-refractivity contribution in [1.82, 2.24) is 9.88 Å². The van der Waals surface area contributed by atoms with Crippen molar-refractivity contribution in [2.75, 3.05) is 19.6 Å². The summed E-state index contributed by atoms with van der Waals surface area (Å²) in [5.74, 6) is -0.0325. The zero-order chi connectivity index (χ0) is 14.9. The average molecular weight is 290 g/mol. The molecule has 0 aromatic carbocycles. The molecule has 1 fully saturated rings. The fourth-order valence-corrected chi connectivity index (χ4v) is 2.91. The van der Waals surface area contributed by atoms with Crippen molar-refractivity contribution >= 4 is 6.29 Å². The number of hydrogen-bond acceptors (Lipinski definition) is 4. The molecule has 2 heterocycles. The van der Waals surface area contributed by atoms with Gasteiger partial charge in [0.2, 0.25) is 0 Å². The Kier molecular flexibility index (Phi) is 6.67. The van der Waals surface area contributed by atoms with Crippen molar-refractivity contribution in [2.45, 2.75) is 51.4 Å². The summed E-state index contributed by atoms with van der Waals surface area (Å²) in [6, 6.07) is 3.36. The minimum absolute atomic E-state index is 0.0325. The number of rotatable bonds is 7. The molecule has 21 heavy (non-hydrogen) atoms. The van der Waals surface area contributed by atoms with E-state index in [9.17, 15) is 9.90 Å². The molecule has 4 nitrogen and oxygen atoms in total. The van der Waals surface area contributed by atoms with Crippen molar-refractivity contribution in [1.29, 1.82) is 0 Å². The molecule has 0 radical (unpaired) electrons. The molecule has 1 aliphatic heterocycles. The van der Waals surface area contributed by atoms with E-state index >= 15 is 0 Å². The number of nitrogens with zero attached hydrogens (tertiary/aromatic N) is 2. The van der Waals surface area contributed by atoms with Crippen LogP contribution < -0.4 is 0 Å². The number of hydrogen-bond donors (Lipinski definition) is 1. The molecule has 0 bridgehead atoms. The highest BCUT2D eigenvalue weighted by Crippen LogP contribution is 2.15. The van der Waals surface area contributed by atoms with Crippen LogP contribution in [-0.2, 0) is 6.42 Å². The van der Waals surface area contributed by atoms with E-state index < -0.39 is 0 Å². The van der Waals surface area contributed by atoms with Crippen molar-refractivity contribution in [2.24, 2.45) is 0 Å². The van der Waals surface area contributed by atoms with Gasteiger partial charge >= 0.3 is 0 Å². The number of aromatic hydroxyl groups is 1. The minimum atomic E-state index is -0.0325. The lowest BCUT2D eigenvalue weighted by molar-refractivity contribution is 0.111. The summed E-state index contributed by atoms with van der Waals surface area (Å²) in [6.45, 7) is 3.74. The number of carbonyl (C=O) groups is 1. The molecule has 1 N–H and O–H groups in total. The van der Waals surface area contributed by atoms with E-state index in [1.807, 2.05) is 0 Å². The Hall–Kier alpha value is -1.42. The van der Waals surface area contributed by atoms with Crippen LogP contribution in [0.15, 0.2) is 12.1 Å². The molecule has 1 aromatic rings. The van der Waals surface area contributed by atoms with Crippen molar-refractivity contribution < 1.29 is 9.90 Å².